The third-order valence-corrected chi connectivity index (χ3v) is 5.81. The minimum absolute atomic E-state index is 0.203. The van der Waals surface area contributed by atoms with Crippen LogP contribution in [0, 0.1) is 0 Å². The van der Waals surface area contributed by atoms with E-state index >= 15 is 0 Å². The summed E-state index contributed by atoms with van der Waals surface area (Å²) in [4.78, 5) is 15.9. The van der Waals surface area contributed by atoms with Gasteiger partial charge in [0.25, 0.3) is 0 Å². The fourth-order valence-corrected chi connectivity index (χ4v) is 4.17. The van der Waals surface area contributed by atoms with E-state index in [1.807, 2.05) is 25.1 Å². The molecule has 4 rings (SSSR count). The summed E-state index contributed by atoms with van der Waals surface area (Å²) in [6.07, 6.45) is 2.69. The van der Waals surface area contributed by atoms with Crippen LogP contribution < -0.4 is 19.7 Å². The Balaban J connectivity index is 1.87. The van der Waals surface area contributed by atoms with Gasteiger partial charge in [-0.2, -0.15) is 0 Å². The van der Waals surface area contributed by atoms with Crippen LogP contribution in [0.5, 0.6) is 11.5 Å². The van der Waals surface area contributed by atoms with Crippen LogP contribution in [-0.2, 0) is 4.74 Å². The average Bonchev–Trinajstić information content (AvgIpc) is 3.26. The quantitative estimate of drug-likeness (QED) is 0.579. The summed E-state index contributed by atoms with van der Waals surface area (Å²) in [7, 11) is 6.88. The Morgan fingerprint density at radius 3 is 2.39 bits per heavy atom. The number of nitrogens with one attached hydrogen (secondary N) is 1. The van der Waals surface area contributed by atoms with Gasteiger partial charge < -0.3 is 24.4 Å². The number of hydrogen-bond acceptors (Lipinski definition) is 8. The number of ether oxygens (including phenoxy) is 3. The third kappa shape index (κ3) is 4.15. The SMILES string of the molecule is COc1cc(OC)c(Cl)c(-c2cc3cnc(NC4CCOC4)nc3c(N(C)C)n2)c1Cl. The topological polar surface area (TPSA) is 81.6 Å². The van der Waals surface area contributed by atoms with Gasteiger partial charge in [-0.25, -0.2) is 15.0 Å². The van der Waals surface area contributed by atoms with Crippen molar-refractivity contribution in [2.75, 3.05) is 51.7 Å². The maximum Gasteiger partial charge on any atom is 0.223 e. The second kappa shape index (κ2) is 8.90. The number of pyridine rings is 1. The Bertz CT molecular complexity index is 1090. The van der Waals surface area contributed by atoms with E-state index < -0.39 is 0 Å². The standard InChI is InChI=1S/C21H23Cl2N5O3/c1-28(2)20-19-11(9-24-21(27-19)25-12-5-6-31-10-12)7-13(26-20)16-17(22)14(29-3)8-15(30-4)18(16)23/h7-9,12H,5-6,10H2,1-4H3,(H,24,25,27). The second-order valence-electron chi connectivity index (χ2n) is 7.35. The molecule has 1 saturated heterocycles. The third-order valence-electron chi connectivity index (χ3n) is 5.06. The normalized spacial score (nSPS) is 15.9. The van der Waals surface area contributed by atoms with Crippen LogP contribution in [0.3, 0.4) is 0 Å². The van der Waals surface area contributed by atoms with Crippen LogP contribution in [0.2, 0.25) is 10.0 Å². The number of benzene rings is 1. The van der Waals surface area contributed by atoms with Crippen molar-refractivity contribution in [3.8, 4) is 22.8 Å². The highest BCUT2D eigenvalue weighted by molar-refractivity contribution is 6.41. The Morgan fingerprint density at radius 2 is 1.81 bits per heavy atom. The van der Waals surface area contributed by atoms with E-state index in [-0.39, 0.29) is 6.04 Å². The number of fused-ring (bicyclic) bond motifs is 1. The molecule has 8 nitrogen and oxygen atoms in total. The number of nitrogens with zero attached hydrogens (tertiary/aromatic N) is 4. The van der Waals surface area contributed by atoms with E-state index in [0.717, 1.165) is 18.4 Å². The Kier molecular flexibility index (Phi) is 6.22. The first kappa shape index (κ1) is 21.7. The van der Waals surface area contributed by atoms with Crippen molar-refractivity contribution < 1.29 is 14.2 Å². The van der Waals surface area contributed by atoms with Crippen molar-refractivity contribution in [1.29, 1.82) is 0 Å². The van der Waals surface area contributed by atoms with Gasteiger partial charge in [-0.3, -0.25) is 0 Å². The molecule has 0 spiro atoms. The molecule has 0 bridgehead atoms. The molecule has 0 amide bonds. The van der Waals surface area contributed by atoms with Gasteiger partial charge in [0.2, 0.25) is 5.95 Å². The number of methoxy groups -OCH3 is 2. The largest absolute Gasteiger partial charge is 0.495 e. The van der Waals surface area contributed by atoms with Gasteiger partial charge in [0.1, 0.15) is 17.0 Å². The molecule has 0 saturated carbocycles. The molecule has 164 valence electrons. The fraction of sp³-hybridized carbons (Fsp3) is 0.381. The van der Waals surface area contributed by atoms with Crippen molar-refractivity contribution >= 4 is 45.9 Å². The second-order valence-corrected chi connectivity index (χ2v) is 8.10. The molecule has 3 aromatic rings. The zero-order valence-corrected chi connectivity index (χ0v) is 19.2. The molecule has 1 N–H and O–H groups in total. The number of anilines is 2. The molecule has 1 unspecified atom stereocenters. The van der Waals surface area contributed by atoms with Gasteiger partial charge in [0.15, 0.2) is 5.82 Å². The lowest BCUT2D eigenvalue weighted by Gasteiger charge is -2.19. The number of rotatable bonds is 6. The van der Waals surface area contributed by atoms with E-state index in [1.54, 1.807) is 12.3 Å². The zero-order chi connectivity index (χ0) is 22.1. The molecule has 0 radical (unpaired) electrons. The van der Waals surface area contributed by atoms with Gasteiger partial charge >= 0.3 is 0 Å². The lowest BCUT2D eigenvalue weighted by atomic mass is 10.1. The highest BCUT2D eigenvalue weighted by Crippen LogP contribution is 2.46. The molecule has 1 fully saturated rings. The predicted molar refractivity (Wildman–Crippen MR) is 123 cm³/mol. The molecule has 1 aliphatic rings. The number of halogens is 2. The molecule has 1 aromatic carbocycles. The van der Waals surface area contributed by atoms with Crippen molar-refractivity contribution in [3.63, 3.8) is 0 Å². The predicted octanol–water partition coefficient (Wildman–Crippen LogP) is 4.28. The van der Waals surface area contributed by atoms with Gasteiger partial charge in [0, 0.05) is 43.9 Å². The summed E-state index contributed by atoms with van der Waals surface area (Å²) in [6.45, 7) is 1.39. The molecule has 1 atom stereocenters. The molecule has 0 aliphatic carbocycles. The van der Waals surface area contributed by atoms with Crippen molar-refractivity contribution in [1.82, 2.24) is 15.0 Å². The van der Waals surface area contributed by atoms with E-state index in [4.69, 9.17) is 47.4 Å². The van der Waals surface area contributed by atoms with Gasteiger partial charge in [-0.15, -0.1) is 0 Å². The van der Waals surface area contributed by atoms with Crippen LogP contribution in [0.4, 0.5) is 11.8 Å². The van der Waals surface area contributed by atoms with Crippen molar-refractivity contribution in [2.45, 2.75) is 12.5 Å². The lowest BCUT2D eigenvalue weighted by molar-refractivity contribution is 0.195. The summed E-state index contributed by atoms with van der Waals surface area (Å²) >= 11 is 13.2. The number of aromatic nitrogens is 3. The van der Waals surface area contributed by atoms with Crippen LogP contribution in [-0.4, -0.2) is 62.5 Å². The summed E-state index contributed by atoms with van der Waals surface area (Å²) < 4.78 is 16.2. The molecular weight excluding hydrogens is 441 g/mol. The summed E-state index contributed by atoms with van der Waals surface area (Å²) in [5.41, 5.74) is 1.80. The smallest absolute Gasteiger partial charge is 0.223 e. The summed E-state index contributed by atoms with van der Waals surface area (Å²) in [5.74, 6) is 2.09. The molecule has 1 aliphatic heterocycles. The highest BCUT2D eigenvalue weighted by Gasteiger charge is 2.22. The van der Waals surface area contributed by atoms with Crippen LogP contribution in [0.15, 0.2) is 18.3 Å². The summed E-state index contributed by atoms with van der Waals surface area (Å²) in [5, 5.41) is 4.83. The monoisotopic (exact) mass is 463 g/mol. The maximum atomic E-state index is 6.61. The lowest BCUT2D eigenvalue weighted by Crippen LogP contribution is -2.21. The number of hydrogen-bond donors (Lipinski definition) is 1. The minimum Gasteiger partial charge on any atom is -0.495 e. The summed E-state index contributed by atoms with van der Waals surface area (Å²) in [6, 6.07) is 3.71. The first-order valence-corrected chi connectivity index (χ1v) is 10.5. The Hall–Kier alpha value is -2.55. The molecule has 31 heavy (non-hydrogen) atoms. The minimum atomic E-state index is 0.203. The van der Waals surface area contributed by atoms with E-state index in [0.29, 0.717) is 56.7 Å². The van der Waals surface area contributed by atoms with Crippen molar-refractivity contribution in [2.24, 2.45) is 0 Å². The first-order chi connectivity index (χ1) is 14.9. The molecule has 3 heterocycles. The van der Waals surface area contributed by atoms with Gasteiger partial charge in [-0.1, -0.05) is 23.2 Å². The van der Waals surface area contributed by atoms with Gasteiger partial charge in [0.05, 0.1) is 42.6 Å². The van der Waals surface area contributed by atoms with Gasteiger partial charge in [-0.05, 0) is 12.5 Å². The van der Waals surface area contributed by atoms with Crippen LogP contribution >= 0.6 is 23.2 Å². The Morgan fingerprint density at radius 1 is 1.10 bits per heavy atom. The molecule has 10 heteroatoms. The van der Waals surface area contributed by atoms with E-state index in [2.05, 4.69) is 10.3 Å². The zero-order valence-electron chi connectivity index (χ0n) is 17.7. The average molecular weight is 464 g/mol. The molecular formula is C21H23Cl2N5O3. The first-order valence-electron chi connectivity index (χ1n) is 9.72. The van der Waals surface area contributed by atoms with E-state index in [9.17, 15) is 0 Å². The fourth-order valence-electron chi connectivity index (χ4n) is 3.47. The maximum absolute atomic E-state index is 6.61. The van der Waals surface area contributed by atoms with Crippen LogP contribution in [0.25, 0.3) is 22.2 Å². The highest BCUT2D eigenvalue weighted by atomic mass is 35.5. The van der Waals surface area contributed by atoms with E-state index in [1.165, 1.54) is 14.2 Å². The van der Waals surface area contributed by atoms with Crippen LogP contribution in [0.1, 0.15) is 6.42 Å². The van der Waals surface area contributed by atoms with Crippen molar-refractivity contribution in [3.05, 3.63) is 28.4 Å². The Labute approximate surface area is 190 Å². The molecule has 2 aromatic heterocycles.